The van der Waals surface area contributed by atoms with Crippen LogP contribution < -0.4 is 9.47 Å². The molecular weight excluding hydrogens is 504 g/mol. The molecule has 2 aliphatic rings. The first-order chi connectivity index (χ1) is 18.2. The molecule has 2 heterocycles. The van der Waals surface area contributed by atoms with Crippen molar-refractivity contribution in [1.82, 2.24) is 0 Å². The Hall–Kier alpha value is -1.84. The molecule has 0 spiro atoms. The van der Waals surface area contributed by atoms with Gasteiger partial charge in [-0.15, -0.1) is 0 Å². The third-order valence-corrected chi connectivity index (χ3v) is 7.22. The van der Waals surface area contributed by atoms with Gasteiger partial charge >= 0.3 is 0 Å². The summed E-state index contributed by atoms with van der Waals surface area (Å²) in [6.45, 7) is -0.966. The minimum Gasteiger partial charge on any atom is -0.496 e. The largest absolute Gasteiger partial charge is 0.496 e. The summed E-state index contributed by atoms with van der Waals surface area (Å²) in [7, 11) is 3.05. The Morgan fingerprint density at radius 1 is 0.711 bits per heavy atom. The number of benzene rings is 1. The third-order valence-electron chi connectivity index (χ3n) is 7.22. The highest BCUT2D eigenvalue weighted by Crippen LogP contribution is 2.32. The molecular formula is C26H40O12. The van der Waals surface area contributed by atoms with Gasteiger partial charge in [-0.25, -0.2) is 0 Å². The van der Waals surface area contributed by atoms with Crippen LogP contribution in [0.1, 0.15) is 30.4 Å². The molecule has 216 valence electrons. The molecule has 3 rings (SSSR count). The molecule has 12 nitrogen and oxygen atoms in total. The first kappa shape index (κ1) is 30.7. The van der Waals surface area contributed by atoms with E-state index in [-0.39, 0.29) is 6.42 Å². The second-order valence-corrected chi connectivity index (χ2v) is 9.67. The van der Waals surface area contributed by atoms with E-state index in [4.69, 9.17) is 18.9 Å². The molecule has 12 heteroatoms. The molecule has 2 aliphatic heterocycles. The van der Waals surface area contributed by atoms with Crippen LogP contribution in [-0.4, -0.2) is 129 Å². The van der Waals surface area contributed by atoms with Crippen LogP contribution in [0.5, 0.6) is 11.5 Å². The molecule has 0 unspecified atom stereocenters. The summed E-state index contributed by atoms with van der Waals surface area (Å²) < 4.78 is 22.2. The minimum atomic E-state index is -1.43. The van der Waals surface area contributed by atoms with Crippen molar-refractivity contribution in [2.24, 2.45) is 0 Å². The normalized spacial score (nSPS) is 35.9. The standard InChI is InChI=1S/C26H40O12/c1-35-17-9-14(6-4-8-16-22(30)26(34)24(32)20(12-28)38-16)18(36-2)10-13(17)5-3-7-15-21(29)25(33)23(31)19(11-27)37-15/h3,5,9-10,15-16,19-34H,4,6-8,11-12H2,1-2H3/b5-3+/t15-,16-,19-,20-,21-,22-,23-,24-,25-,26-/m1/s1. The lowest BCUT2D eigenvalue weighted by Crippen LogP contribution is -2.58. The van der Waals surface area contributed by atoms with Crippen LogP contribution >= 0.6 is 0 Å². The van der Waals surface area contributed by atoms with Gasteiger partial charge in [0.15, 0.2) is 0 Å². The van der Waals surface area contributed by atoms with Crippen molar-refractivity contribution in [2.45, 2.75) is 86.7 Å². The summed E-state index contributed by atoms with van der Waals surface area (Å²) in [6, 6.07) is 3.60. The first-order valence-electron chi connectivity index (χ1n) is 12.7. The third kappa shape index (κ3) is 6.83. The van der Waals surface area contributed by atoms with Crippen molar-refractivity contribution in [3.8, 4) is 11.5 Å². The van der Waals surface area contributed by atoms with Gasteiger partial charge < -0.3 is 59.8 Å². The van der Waals surface area contributed by atoms with Gasteiger partial charge in [-0.2, -0.15) is 0 Å². The number of aliphatic hydroxyl groups excluding tert-OH is 8. The molecule has 38 heavy (non-hydrogen) atoms. The van der Waals surface area contributed by atoms with Crippen LogP contribution in [0.15, 0.2) is 18.2 Å². The van der Waals surface area contributed by atoms with Gasteiger partial charge in [0.25, 0.3) is 0 Å². The van der Waals surface area contributed by atoms with Crippen molar-refractivity contribution >= 4 is 6.08 Å². The number of aryl methyl sites for hydroxylation is 1. The highest BCUT2D eigenvalue weighted by Gasteiger charge is 2.43. The Kier molecular flexibility index (Phi) is 11.3. The van der Waals surface area contributed by atoms with Crippen LogP contribution in [0.2, 0.25) is 0 Å². The van der Waals surface area contributed by atoms with E-state index in [2.05, 4.69) is 0 Å². The van der Waals surface area contributed by atoms with Gasteiger partial charge in [0.05, 0.1) is 39.6 Å². The fourth-order valence-corrected chi connectivity index (χ4v) is 4.92. The molecule has 1 aromatic carbocycles. The molecule has 0 saturated carbocycles. The maximum atomic E-state index is 10.3. The Morgan fingerprint density at radius 3 is 1.79 bits per heavy atom. The van der Waals surface area contributed by atoms with Gasteiger partial charge in [-0.1, -0.05) is 12.2 Å². The molecule has 0 aliphatic carbocycles. The maximum absolute atomic E-state index is 10.3. The summed E-state index contributed by atoms with van der Waals surface area (Å²) in [5, 5.41) is 79.1. The fourth-order valence-electron chi connectivity index (χ4n) is 4.92. The zero-order valence-corrected chi connectivity index (χ0v) is 21.5. The van der Waals surface area contributed by atoms with Crippen LogP contribution in [0.3, 0.4) is 0 Å². The van der Waals surface area contributed by atoms with Crippen molar-refractivity contribution < 1.29 is 59.8 Å². The number of hydrogen-bond donors (Lipinski definition) is 8. The second kappa shape index (κ2) is 14.0. The Labute approximate surface area is 221 Å². The van der Waals surface area contributed by atoms with E-state index in [0.29, 0.717) is 36.3 Å². The smallest absolute Gasteiger partial charge is 0.126 e. The monoisotopic (exact) mass is 544 g/mol. The summed E-state index contributed by atoms with van der Waals surface area (Å²) in [5.74, 6) is 1.14. The van der Waals surface area contributed by atoms with Crippen molar-refractivity contribution in [1.29, 1.82) is 0 Å². The summed E-state index contributed by atoms with van der Waals surface area (Å²) in [6.07, 6.45) is -6.59. The van der Waals surface area contributed by atoms with E-state index in [0.717, 1.165) is 5.56 Å². The summed E-state index contributed by atoms with van der Waals surface area (Å²) >= 11 is 0. The molecule has 2 saturated heterocycles. The Bertz CT molecular complexity index is 906. The highest BCUT2D eigenvalue weighted by molar-refractivity contribution is 5.61. The van der Waals surface area contributed by atoms with Crippen molar-refractivity contribution in [3.05, 3.63) is 29.3 Å². The second-order valence-electron chi connectivity index (χ2n) is 9.67. The Morgan fingerprint density at radius 2 is 1.24 bits per heavy atom. The molecule has 8 N–H and O–H groups in total. The van der Waals surface area contributed by atoms with Gasteiger partial charge in [-0.05, 0) is 43.4 Å². The van der Waals surface area contributed by atoms with Gasteiger partial charge in [0.1, 0.15) is 60.3 Å². The zero-order chi connectivity index (χ0) is 28.0. The average Bonchev–Trinajstić information content (AvgIpc) is 2.93. The molecule has 0 radical (unpaired) electrons. The number of hydrogen-bond acceptors (Lipinski definition) is 12. The first-order valence-corrected chi connectivity index (χ1v) is 12.7. The van der Waals surface area contributed by atoms with E-state index in [1.54, 1.807) is 18.2 Å². The maximum Gasteiger partial charge on any atom is 0.126 e. The molecule has 10 atom stereocenters. The minimum absolute atomic E-state index is 0.202. The van der Waals surface area contributed by atoms with Crippen LogP contribution in [0.4, 0.5) is 0 Å². The lowest BCUT2D eigenvalue weighted by molar-refractivity contribution is -0.230. The summed E-state index contributed by atoms with van der Waals surface area (Å²) in [4.78, 5) is 0. The quantitative estimate of drug-likeness (QED) is 0.154. The van der Waals surface area contributed by atoms with Crippen molar-refractivity contribution in [3.63, 3.8) is 0 Å². The predicted molar refractivity (Wildman–Crippen MR) is 134 cm³/mol. The van der Waals surface area contributed by atoms with Gasteiger partial charge in [0, 0.05) is 5.56 Å². The lowest BCUT2D eigenvalue weighted by Gasteiger charge is -2.40. The van der Waals surface area contributed by atoms with Crippen LogP contribution in [-0.2, 0) is 15.9 Å². The predicted octanol–water partition coefficient (Wildman–Crippen LogP) is -1.89. The molecule has 1 aromatic rings. The number of ether oxygens (including phenoxy) is 4. The van der Waals surface area contributed by atoms with Crippen LogP contribution in [0, 0.1) is 0 Å². The Balaban J connectivity index is 1.65. The molecule has 0 amide bonds. The zero-order valence-electron chi connectivity index (χ0n) is 21.5. The molecule has 0 aromatic heterocycles. The lowest BCUT2D eigenvalue weighted by atomic mass is 9.91. The topological polar surface area (TPSA) is 199 Å². The SMILES string of the molecule is COc1cc(CCC[C@H]2O[C@H](CO)[C@@H](O)[C@H](O)[C@@H]2O)c(OC)cc1/C=C/C[C@H]1O[C@H](CO)[C@@H](O)[C@H](O)[C@@H]1O. The van der Waals surface area contributed by atoms with E-state index in [1.165, 1.54) is 14.2 Å². The number of rotatable bonds is 11. The number of methoxy groups -OCH3 is 2. The van der Waals surface area contributed by atoms with E-state index in [1.807, 2.05) is 6.07 Å². The fraction of sp³-hybridized carbons (Fsp3) is 0.692. The highest BCUT2D eigenvalue weighted by atomic mass is 16.6. The number of aliphatic hydroxyl groups is 8. The van der Waals surface area contributed by atoms with E-state index >= 15 is 0 Å². The average molecular weight is 545 g/mol. The van der Waals surface area contributed by atoms with Crippen molar-refractivity contribution in [2.75, 3.05) is 27.4 Å². The van der Waals surface area contributed by atoms with Crippen LogP contribution in [0.25, 0.3) is 6.08 Å². The van der Waals surface area contributed by atoms with Gasteiger partial charge in [-0.3, -0.25) is 0 Å². The van der Waals surface area contributed by atoms with E-state index < -0.39 is 74.3 Å². The summed E-state index contributed by atoms with van der Waals surface area (Å²) in [5.41, 5.74) is 1.52. The molecule has 0 bridgehead atoms. The van der Waals surface area contributed by atoms with E-state index in [9.17, 15) is 40.9 Å². The molecule has 2 fully saturated rings. The van der Waals surface area contributed by atoms with Gasteiger partial charge in [0.2, 0.25) is 0 Å².